The van der Waals surface area contributed by atoms with Crippen LogP contribution in [0.15, 0.2) is 11.4 Å². The van der Waals surface area contributed by atoms with Crippen LogP contribution in [0.3, 0.4) is 0 Å². The molecule has 0 fully saturated rings. The number of aldehydes is 1. The highest BCUT2D eigenvalue weighted by molar-refractivity contribution is 7.11. The molecule has 1 atom stereocenters. The van der Waals surface area contributed by atoms with Gasteiger partial charge in [0.2, 0.25) is 0 Å². The smallest absolute Gasteiger partial charge is 0.160 e. The molecule has 0 aliphatic carbocycles. The molecule has 0 saturated heterocycles. The minimum Gasteiger partial charge on any atom is -0.477 e. The van der Waals surface area contributed by atoms with Gasteiger partial charge in [0.15, 0.2) is 12.4 Å². The van der Waals surface area contributed by atoms with Gasteiger partial charge in [0.05, 0.1) is 4.88 Å². The van der Waals surface area contributed by atoms with Crippen LogP contribution in [0, 0.1) is 12.3 Å². The number of hydrogen-bond acceptors (Lipinski definition) is 3. The van der Waals surface area contributed by atoms with E-state index in [0.29, 0.717) is 10.6 Å². The Kier molecular flexibility index (Phi) is 2.89. The highest BCUT2D eigenvalue weighted by atomic mass is 32.1. The van der Waals surface area contributed by atoms with E-state index in [4.69, 9.17) is 11.2 Å². The van der Waals surface area contributed by atoms with Crippen molar-refractivity contribution in [2.75, 3.05) is 0 Å². The number of rotatable bonds is 3. The Morgan fingerprint density at radius 3 is 3.08 bits per heavy atom. The van der Waals surface area contributed by atoms with Crippen molar-refractivity contribution in [3.05, 3.63) is 16.3 Å². The van der Waals surface area contributed by atoms with Gasteiger partial charge >= 0.3 is 0 Å². The topological polar surface area (TPSA) is 26.3 Å². The molecule has 3 heteroatoms. The van der Waals surface area contributed by atoms with Crippen molar-refractivity contribution >= 4 is 17.6 Å². The highest BCUT2D eigenvalue weighted by Crippen LogP contribution is 2.20. The van der Waals surface area contributed by atoms with Crippen LogP contribution in [0.4, 0.5) is 0 Å². The molecule has 12 heavy (non-hydrogen) atoms. The second-order valence-electron chi connectivity index (χ2n) is 2.23. The standard InChI is InChI=1S/C9H8O2S/c1-3-7(2)11-8-4-9(5-10)12-6-8/h1,4-7H,2H3. The van der Waals surface area contributed by atoms with E-state index >= 15 is 0 Å². The number of ether oxygens (including phenoxy) is 1. The first-order valence-corrected chi connectivity index (χ1v) is 4.30. The van der Waals surface area contributed by atoms with Gasteiger partial charge in [0.1, 0.15) is 5.75 Å². The second kappa shape index (κ2) is 3.93. The summed E-state index contributed by atoms with van der Waals surface area (Å²) in [5, 5.41) is 1.76. The van der Waals surface area contributed by atoms with Crippen LogP contribution in [0.25, 0.3) is 0 Å². The molecule has 0 aliphatic heterocycles. The molecular weight excluding hydrogens is 172 g/mol. The zero-order chi connectivity index (χ0) is 8.97. The lowest BCUT2D eigenvalue weighted by Crippen LogP contribution is -2.07. The van der Waals surface area contributed by atoms with Crippen molar-refractivity contribution in [2.24, 2.45) is 0 Å². The molecule has 0 aromatic carbocycles. The molecule has 0 bridgehead atoms. The van der Waals surface area contributed by atoms with E-state index in [1.165, 1.54) is 11.3 Å². The highest BCUT2D eigenvalue weighted by Gasteiger charge is 2.02. The van der Waals surface area contributed by atoms with Crippen LogP contribution in [0.5, 0.6) is 5.75 Å². The van der Waals surface area contributed by atoms with Crippen molar-refractivity contribution < 1.29 is 9.53 Å². The molecule has 1 unspecified atom stereocenters. The van der Waals surface area contributed by atoms with Gasteiger partial charge < -0.3 is 4.74 Å². The van der Waals surface area contributed by atoms with E-state index in [1.54, 1.807) is 18.4 Å². The third kappa shape index (κ3) is 2.11. The quantitative estimate of drug-likeness (QED) is 0.525. The maximum atomic E-state index is 10.3. The van der Waals surface area contributed by atoms with Crippen LogP contribution in [-0.4, -0.2) is 12.4 Å². The minimum absolute atomic E-state index is 0.251. The first kappa shape index (κ1) is 8.82. The second-order valence-corrected chi connectivity index (χ2v) is 3.17. The molecule has 0 aliphatic rings. The summed E-state index contributed by atoms with van der Waals surface area (Å²) >= 11 is 1.34. The SMILES string of the molecule is C#CC(C)Oc1csc(C=O)c1. The van der Waals surface area contributed by atoms with E-state index in [0.717, 1.165) is 6.29 Å². The average molecular weight is 180 g/mol. The predicted octanol–water partition coefficient (Wildman–Crippen LogP) is 1.96. The largest absolute Gasteiger partial charge is 0.477 e. The Balaban J connectivity index is 2.65. The molecule has 1 aromatic rings. The van der Waals surface area contributed by atoms with Crippen molar-refractivity contribution in [1.82, 2.24) is 0 Å². The van der Waals surface area contributed by atoms with Crippen LogP contribution in [0.1, 0.15) is 16.6 Å². The average Bonchev–Trinajstić information content (AvgIpc) is 2.52. The minimum atomic E-state index is -0.251. The third-order valence-corrected chi connectivity index (χ3v) is 2.10. The number of terminal acetylenes is 1. The lowest BCUT2D eigenvalue weighted by atomic mass is 10.4. The monoisotopic (exact) mass is 180 g/mol. The van der Waals surface area contributed by atoms with E-state index < -0.39 is 0 Å². The summed E-state index contributed by atoms with van der Waals surface area (Å²) in [5.41, 5.74) is 0. The molecule has 1 rings (SSSR count). The van der Waals surface area contributed by atoms with E-state index in [1.807, 2.05) is 0 Å². The summed E-state index contributed by atoms with van der Waals surface area (Å²) in [6.07, 6.45) is 5.66. The zero-order valence-electron chi connectivity index (χ0n) is 6.61. The predicted molar refractivity (Wildman–Crippen MR) is 48.6 cm³/mol. The molecule has 1 heterocycles. The van der Waals surface area contributed by atoms with E-state index in [2.05, 4.69) is 5.92 Å². The molecule has 0 radical (unpaired) electrons. The number of hydrogen-bond donors (Lipinski definition) is 0. The molecule has 0 N–H and O–H groups in total. The van der Waals surface area contributed by atoms with Gasteiger partial charge in [-0.3, -0.25) is 4.79 Å². The number of carbonyl (C=O) groups excluding carboxylic acids is 1. The molecule has 0 spiro atoms. The van der Waals surface area contributed by atoms with E-state index in [-0.39, 0.29) is 6.10 Å². The maximum absolute atomic E-state index is 10.3. The van der Waals surface area contributed by atoms with Gasteiger partial charge in [0, 0.05) is 11.4 Å². The fraction of sp³-hybridized carbons (Fsp3) is 0.222. The van der Waals surface area contributed by atoms with Crippen LogP contribution < -0.4 is 4.74 Å². The fourth-order valence-corrected chi connectivity index (χ4v) is 1.31. The molecule has 0 saturated carbocycles. The maximum Gasteiger partial charge on any atom is 0.160 e. The van der Waals surface area contributed by atoms with Crippen molar-refractivity contribution in [1.29, 1.82) is 0 Å². The lowest BCUT2D eigenvalue weighted by molar-refractivity contribution is 0.112. The summed E-state index contributed by atoms with van der Waals surface area (Å²) in [6.45, 7) is 1.78. The van der Waals surface area contributed by atoms with Gasteiger partial charge in [-0.2, -0.15) is 0 Å². The van der Waals surface area contributed by atoms with Crippen molar-refractivity contribution in [3.8, 4) is 18.1 Å². The Morgan fingerprint density at radius 2 is 2.58 bits per heavy atom. The van der Waals surface area contributed by atoms with Crippen molar-refractivity contribution in [2.45, 2.75) is 13.0 Å². The number of thiophene rings is 1. The van der Waals surface area contributed by atoms with Crippen LogP contribution >= 0.6 is 11.3 Å². The fourth-order valence-electron chi connectivity index (χ4n) is 0.696. The van der Waals surface area contributed by atoms with Crippen LogP contribution in [-0.2, 0) is 0 Å². The summed E-state index contributed by atoms with van der Waals surface area (Å²) in [4.78, 5) is 10.9. The van der Waals surface area contributed by atoms with Gasteiger partial charge in [-0.05, 0) is 6.92 Å². The molecule has 62 valence electrons. The van der Waals surface area contributed by atoms with Gasteiger partial charge in [-0.15, -0.1) is 17.8 Å². The Morgan fingerprint density at radius 1 is 1.83 bits per heavy atom. The van der Waals surface area contributed by atoms with Gasteiger partial charge in [0.25, 0.3) is 0 Å². The summed E-state index contributed by atoms with van der Waals surface area (Å²) in [6, 6.07) is 1.67. The number of carbonyl (C=O) groups is 1. The molecule has 0 amide bonds. The van der Waals surface area contributed by atoms with E-state index in [9.17, 15) is 4.79 Å². The Bertz CT molecular complexity index is 309. The summed E-state index contributed by atoms with van der Waals surface area (Å²) < 4.78 is 5.26. The molecule has 2 nitrogen and oxygen atoms in total. The van der Waals surface area contributed by atoms with Gasteiger partial charge in [-0.25, -0.2) is 0 Å². The first-order chi connectivity index (χ1) is 5.76. The normalized spacial score (nSPS) is 11.7. The summed E-state index contributed by atoms with van der Waals surface area (Å²) in [5.74, 6) is 3.09. The third-order valence-electron chi connectivity index (χ3n) is 1.26. The van der Waals surface area contributed by atoms with Crippen molar-refractivity contribution in [3.63, 3.8) is 0 Å². The zero-order valence-corrected chi connectivity index (χ0v) is 7.43. The molecule has 1 aromatic heterocycles. The molecular formula is C9H8O2S. The first-order valence-electron chi connectivity index (χ1n) is 3.42. The summed E-state index contributed by atoms with van der Waals surface area (Å²) in [7, 11) is 0. The van der Waals surface area contributed by atoms with Gasteiger partial charge in [-0.1, -0.05) is 5.92 Å². The van der Waals surface area contributed by atoms with Crippen LogP contribution in [0.2, 0.25) is 0 Å². The Hall–Kier alpha value is -1.27. The Labute approximate surface area is 75.2 Å². The lowest BCUT2D eigenvalue weighted by Gasteiger charge is -2.04.